The molecule has 0 N–H and O–H groups in total. The second kappa shape index (κ2) is 8.71. The molecule has 0 saturated carbocycles. The highest BCUT2D eigenvalue weighted by Gasteiger charge is 2.34. The molecule has 150 valence electrons. The highest BCUT2D eigenvalue weighted by atomic mass is 16.5. The van der Waals surface area contributed by atoms with Crippen LogP contribution in [0.15, 0.2) is 84.0 Å². The molecule has 0 bridgehead atoms. The Labute approximate surface area is 176 Å². The number of nitriles is 1. The van der Waals surface area contributed by atoms with Crippen LogP contribution in [-0.2, 0) is 0 Å². The smallest absolute Gasteiger partial charge is 0.159 e. The molecule has 1 aliphatic rings. The quantitative estimate of drug-likeness (QED) is 0.579. The fraction of sp³-hybridized carbons (Fsp3) is 0.200. The van der Waals surface area contributed by atoms with Crippen LogP contribution in [0.4, 0.5) is 0 Å². The van der Waals surface area contributed by atoms with Crippen molar-refractivity contribution in [3.8, 4) is 17.6 Å². The molecule has 1 aliphatic heterocycles. The number of benzene rings is 3. The molecule has 0 radical (unpaired) electrons. The van der Waals surface area contributed by atoms with Crippen molar-refractivity contribution in [2.24, 2.45) is 5.10 Å². The van der Waals surface area contributed by atoms with Gasteiger partial charge in [-0.1, -0.05) is 42.5 Å². The molecule has 0 saturated heterocycles. The molecule has 5 nitrogen and oxygen atoms in total. The molecule has 3 aromatic rings. The summed E-state index contributed by atoms with van der Waals surface area (Å²) < 4.78 is 10.5. The molecule has 0 fully saturated rings. The van der Waals surface area contributed by atoms with Gasteiger partial charge in [-0.2, -0.15) is 10.4 Å². The fourth-order valence-corrected chi connectivity index (χ4v) is 3.74. The summed E-state index contributed by atoms with van der Waals surface area (Å²) in [5.41, 5.74) is 4.02. The van der Waals surface area contributed by atoms with Gasteiger partial charge in [0, 0.05) is 6.42 Å². The van der Waals surface area contributed by atoms with E-state index in [0.717, 1.165) is 40.3 Å². The average Bonchev–Trinajstić information content (AvgIpc) is 3.26. The number of hydrogen-bond donors (Lipinski definition) is 0. The van der Waals surface area contributed by atoms with E-state index in [1.807, 2.05) is 71.7 Å². The van der Waals surface area contributed by atoms with E-state index >= 15 is 0 Å². The lowest BCUT2D eigenvalue weighted by molar-refractivity contribution is 0.196. The number of nitrogens with zero attached hydrogens (tertiary/aromatic N) is 3. The van der Waals surface area contributed by atoms with Crippen molar-refractivity contribution >= 4 is 5.71 Å². The Bertz CT molecular complexity index is 1050. The fourth-order valence-electron chi connectivity index (χ4n) is 3.74. The van der Waals surface area contributed by atoms with Gasteiger partial charge in [0.2, 0.25) is 0 Å². The standard InChI is InChI=1S/C25H23N3O2/c1-29-21-12-8-18(9-13-21)23-16-24(19-6-4-3-5-7-19)28(27-23)25(17-26)20-10-14-22(30-2)15-11-20/h3-15,24-25H,16H2,1-2H3/t24-,25-/m0/s1. The van der Waals surface area contributed by atoms with Gasteiger partial charge < -0.3 is 9.47 Å². The van der Waals surface area contributed by atoms with Crippen molar-refractivity contribution in [2.75, 3.05) is 14.2 Å². The zero-order valence-corrected chi connectivity index (χ0v) is 17.0. The molecule has 0 unspecified atom stereocenters. The van der Waals surface area contributed by atoms with Gasteiger partial charge in [-0.05, 0) is 53.1 Å². The van der Waals surface area contributed by atoms with E-state index in [1.54, 1.807) is 14.2 Å². The van der Waals surface area contributed by atoms with Gasteiger partial charge in [0.1, 0.15) is 11.5 Å². The van der Waals surface area contributed by atoms with E-state index in [4.69, 9.17) is 14.6 Å². The van der Waals surface area contributed by atoms with Gasteiger partial charge >= 0.3 is 0 Å². The van der Waals surface area contributed by atoms with Gasteiger partial charge in [-0.15, -0.1) is 0 Å². The van der Waals surface area contributed by atoms with Crippen LogP contribution in [0.2, 0.25) is 0 Å². The van der Waals surface area contributed by atoms with Crippen molar-refractivity contribution in [1.82, 2.24) is 5.01 Å². The van der Waals surface area contributed by atoms with Crippen molar-refractivity contribution < 1.29 is 9.47 Å². The molecular weight excluding hydrogens is 374 g/mol. The number of ether oxygens (including phenoxy) is 2. The molecule has 2 atom stereocenters. The van der Waals surface area contributed by atoms with Gasteiger partial charge in [-0.25, -0.2) is 0 Å². The van der Waals surface area contributed by atoms with Gasteiger partial charge in [0.05, 0.1) is 32.0 Å². The third kappa shape index (κ3) is 3.85. The van der Waals surface area contributed by atoms with Crippen LogP contribution in [0.5, 0.6) is 11.5 Å². The first-order valence-electron chi connectivity index (χ1n) is 9.82. The summed E-state index contributed by atoms with van der Waals surface area (Å²) in [6.45, 7) is 0. The minimum Gasteiger partial charge on any atom is -0.497 e. The molecule has 30 heavy (non-hydrogen) atoms. The summed E-state index contributed by atoms with van der Waals surface area (Å²) in [6, 6.07) is 27.6. The topological polar surface area (TPSA) is 57.8 Å². The van der Waals surface area contributed by atoms with E-state index in [1.165, 1.54) is 0 Å². The SMILES string of the molecule is COc1ccc(C2=NN([C@@H](C#N)c3ccc(OC)cc3)[C@H](c3ccccc3)C2)cc1. The highest BCUT2D eigenvalue weighted by molar-refractivity contribution is 6.02. The molecule has 0 aliphatic carbocycles. The summed E-state index contributed by atoms with van der Waals surface area (Å²) >= 11 is 0. The zero-order valence-electron chi connectivity index (χ0n) is 17.0. The second-order valence-corrected chi connectivity index (χ2v) is 7.09. The minimum absolute atomic E-state index is 0.0185. The number of rotatable bonds is 6. The Hall–Kier alpha value is -3.78. The Balaban J connectivity index is 1.72. The van der Waals surface area contributed by atoms with Crippen LogP contribution in [0, 0.1) is 11.3 Å². The van der Waals surface area contributed by atoms with Crippen LogP contribution in [-0.4, -0.2) is 24.9 Å². The molecule has 0 spiro atoms. The number of hydrazone groups is 1. The van der Waals surface area contributed by atoms with Crippen molar-refractivity contribution in [1.29, 1.82) is 5.26 Å². The summed E-state index contributed by atoms with van der Waals surface area (Å²) in [6.07, 6.45) is 0.727. The first kappa shape index (κ1) is 19.5. The van der Waals surface area contributed by atoms with Crippen molar-refractivity contribution in [2.45, 2.75) is 18.5 Å². The number of hydrogen-bond acceptors (Lipinski definition) is 5. The zero-order chi connectivity index (χ0) is 20.9. The van der Waals surface area contributed by atoms with E-state index in [0.29, 0.717) is 0 Å². The van der Waals surface area contributed by atoms with Gasteiger partial charge in [-0.3, -0.25) is 5.01 Å². The van der Waals surface area contributed by atoms with Crippen LogP contribution < -0.4 is 9.47 Å². The summed E-state index contributed by atoms with van der Waals surface area (Å²) in [5.74, 6) is 1.57. The van der Waals surface area contributed by atoms with Crippen molar-refractivity contribution in [3.05, 3.63) is 95.6 Å². The van der Waals surface area contributed by atoms with E-state index < -0.39 is 6.04 Å². The Kier molecular flexibility index (Phi) is 5.67. The van der Waals surface area contributed by atoms with Gasteiger partial charge in [0.15, 0.2) is 6.04 Å². The van der Waals surface area contributed by atoms with E-state index in [2.05, 4.69) is 18.2 Å². The lowest BCUT2D eigenvalue weighted by Crippen LogP contribution is -2.24. The summed E-state index contributed by atoms with van der Waals surface area (Å²) in [5, 5.41) is 16.9. The normalized spacial score (nSPS) is 16.5. The predicted octanol–water partition coefficient (Wildman–Crippen LogP) is 5.12. The first-order chi connectivity index (χ1) is 14.7. The van der Waals surface area contributed by atoms with Crippen LogP contribution in [0.3, 0.4) is 0 Å². The monoisotopic (exact) mass is 397 g/mol. The molecular formula is C25H23N3O2. The molecule has 0 amide bonds. The van der Waals surface area contributed by atoms with Crippen LogP contribution in [0.25, 0.3) is 0 Å². The van der Waals surface area contributed by atoms with Crippen molar-refractivity contribution in [3.63, 3.8) is 0 Å². The van der Waals surface area contributed by atoms with Crippen LogP contribution in [0.1, 0.15) is 35.2 Å². The largest absolute Gasteiger partial charge is 0.497 e. The molecule has 3 aromatic carbocycles. The maximum Gasteiger partial charge on any atom is 0.159 e. The third-order valence-electron chi connectivity index (χ3n) is 5.37. The minimum atomic E-state index is -0.503. The van der Waals surface area contributed by atoms with Gasteiger partial charge in [0.25, 0.3) is 0 Å². The Morgan fingerprint density at radius 1 is 0.900 bits per heavy atom. The molecule has 0 aromatic heterocycles. The predicted molar refractivity (Wildman–Crippen MR) is 117 cm³/mol. The summed E-state index contributed by atoms with van der Waals surface area (Å²) in [7, 11) is 3.29. The van der Waals surface area contributed by atoms with E-state index in [9.17, 15) is 5.26 Å². The Morgan fingerprint density at radius 2 is 1.50 bits per heavy atom. The second-order valence-electron chi connectivity index (χ2n) is 7.09. The maximum atomic E-state index is 10.0. The molecule has 1 heterocycles. The summed E-state index contributed by atoms with van der Waals surface area (Å²) in [4.78, 5) is 0. The van der Waals surface area contributed by atoms with E-state index in [-0.39, 0.29) is 6.04 Å². The lowest BCUT2D eigenvalue weighted by atomic mass is 9.97. The Morgan fingerprint density at radius 3 is 2.07 bits per heavy atom. The first-order valence-corrected chi connectivity index (χ1v) is 9.82. The lowest BCUT2D eigenvalue weighted by Gasteiger charge is -2.28. The maximum absolute atomic E-state index is 10.0. The molecule has 4 rings (SSSR count). The molecule has 5 heteroatoms. The number of methoxy groups -OCH3 is 2. The average molecular weight is 397 g/mol. The third-order valence-corrected chi connectivity index (χ3v) is 5.37. The van der Waals surface area contributed by atoms with Crippen LogP contribution >= 0.6 is 0 Å². The highest BCUT2D eigenvalue weighted by Crippen LogP contribution is 2.39.